The summed E-state index contributed by atoms with van der Waals surface area (Å²) in [7, 11) is -2.77. The zero-order valence-corrected chi connectivity index (χ0v) is 14.5. The third-order valence-electron chi connectivity index (χ3n) is 3.67. The van der Waals surface area contributed by atoms with Crippen molar-refractivity contribution in [1.82, 2.24) is 14.6 Å². The molecule has 1 aromatic carbocycles. The van der Waals surface area contributed by atoms with Gasteiger partial charge in [-0.15, -0.1) is 10.2 Å². The molecule has 0 aliphatic heterocycles. The molecular weight excluding hydrogens is 344 g/mol. The van der Waals surface area contributed by atoms with Crippen LogP contribution in [0.2, 0.25) is 0 Å². The molecule has 0 bridgehead atoms. The number of anilines is 1. The molecule has 0 amide bonds. The predicted octanol–water partition coefficient (Wildman–Crippen LogP) is 1.41. The molecule has 3 rings (SSSR count). The van der Waals surface area contributed by atoms with E-state index in [9.17, 15) is 13.2 Å². The van der Waals surface area contributed by atoms with E-state index in [-0.39, 0.29) is 4.90 Å². The summed E-state index contributed by atoms with van der Waals surface area (Å²) < 4.78 is 33.4. The van der Waals surface area contributed by atoms with E-state index in [1.165, 1.54) is 30.1 Å². The number of aromatic nitrogens is 3. The van der Waals surface area contributed by atoms with E-state index in [1.54, 1.807) is 30.3 Å². The normalized spacial score (nSPS) is 11.4. The largest absolute Gasteiger partial charge is 0.468 e. The lowest BCUT2D eigenvalue weighted by Crippen LogP contribution is -2.36. The highest BCUT2D eigenvalue weighted by Gasteiger charge is 2.28. The van der Waals surface area contributed by atoms with E-state index in [0.29, 0.717) is 11.3 Å². The quantitative estimate of drug-likeness (QED) is 0.639. The van der Waals surface area contributed by atoms with Gasteiger partial charge in [0.15, 0.2) is 5.65 Å². The second-order valence-electron chi connectivity index (χ2n) is 5.38. The van der Waals surface area contributed by atoms with E-state index in [4.69, 9.17) is 0 Å². The first-order chi connectivity index (χ1) is 11.9. The minimum atomic E-state index is -3.99. The fourth-order valence-electron chi connectivity index (χ4n) is 2.29. The van der Waals surface area contributed by atoms with Gasteiger partial charge in [0.25, 0.3) is 10.0 Å². The fourth-order valence-corrected chi connectivity index (χ4v) is 3.71. The molecular formula is C16H16N4O4S. The van der Waals surface area contributed by atoms with Crippen LogP contribution >= 0.6 is 0 Å². The average Bonchev–Trinajstić information content (AvgIpc) is 3.08. The number of esters is 1. The summed E-state index contributed by atoms with van der Waals surface area (Å²) in [6.45, 7) is 1.46. The third-order valence-corrected chi connectivity index (χ3v) is 5.43. The van der Waals surface area contributed by atoms with Gasteiger partial charge in [0.05, 0.1) is 12.8 Å². The topological polar surface area (TPSA) is 93.9 Å². The van der Waals surface area contributed by atoms with Crippen LogP contribution in [0.3, 0.4) is 0 Å². The van der Waals surface area contributed by atoms with Crippen molar-refractivity contribution in [2.45, 2.75) is 11.8 Å². The number of fused-ring (bicyclic) bond motifs is 1. The number of methoxy groups -OCH3 is 1. The number of sulfonamides is 1. The number of nitrogens with zero attached hydrogens (tertiary/aromatic N) is 4. The first-order valence-corrected chi connectivity index (χ1v) is 8.81. The highest BCUT2D eigenvalue weighted by molar-refractivity contribution is 7.92. The van der Waals surface area contributed by atoms with Crippen molar-refractivity contribution >= 4 is 27.3 Å². The van der Waals surface area contributed by atoms with Gasteiger partial charge < -0.3 is 4.74 Å². The van der Waals surface area contributed by atoms with Crippen LogP contribution in [0.25, 0.3) is 5.65 Å². The highest BCUT2D eigenvalue weighted by Crippen LogP contribution is 2.24. The Balaban J connectivity index is 2.08. The lowest BCUT2D eigenvalue weighted by Gasteiger charge is -2.23. The highest BCUT2D eigenvalue weighted by atomic mass is 32.2. The lowest BCUT2D eigenvalue weighted by atomic mass is 10.2. The van der Waals surface area contributed by atoms with Crippen molar-refractivity contribution in [3.63, 3.8) is 0 Å². The maximum Gasteiger partial charge on any atom is 0.326 e. The zero-order valence-electron chi connectivity index (χ0n) is 13.7. The SMILES string of the molecule is COC(=O)CN(c1ccc(C)cc1)S(=O)(=O)c1ccc2nncn2c1. The van der Waals surface area contributed by atoms with E-state index in [2.05, 4.69) is 14.9 Å². The Morgan fingerprint density at radius 3 is 2.60 bits per heavy atom. The van der Waals surface area contributed by atoms with Gasteiger partial charge in [0, 0.05) is 6.20 Å². The maximum absolute atomic E-state index is 13.1. The molecule has 0 spiro atoms. The number of aryl methyl sites for hydroxylation is 1. The van der Waals surface area contributed by atoms with Gasteiger partial charge in [0.2, 0.25) is 0 Å². The number of ether oxygens (including phenoxy) is 1. The molecule has 0 aliphatic carbocycles. The standard InChI is InChI=1S/C16H16N4O4S/c1-12-3-5-13(6-4-12)20(10-16(21)24-2)25(22,23)14-7-8-15-18-17-11-19(15)9-14/h3-9,11H,10H2,1-2H3. The van der Waals surface area contributed by atoms with E-state index in [0.717, 1.165) is 9.87 Å². The molecule has 2 heterocycles. The summed E-state index contributed by atoms with van der Waals surface area (Å²) in [5, 5.41) is 7.58. The molecule has 0 unspecified atom stereocenters. The summed E-state index contributed by atoms with van der Waals surface area (Å²) >= 11 is 0. The summed E-state index contributed by atoms with van der Waals surface area (Å²) in [6.07, 6.45) is 2.81. The molecule has 8 nitrogen and oxygen atoms in total. The van der Waals surface area contributed by atoms with Gasteiger partial charge in [-0.1, -0.05) is 17.7 Å². The van der Waals surface area contributed by atoms with E-state index >= 15 is 0 Å². The van der Waals surface area contributed by atoms with Gasteiger partial charge in [-0.25, -0.2) is 8.42 Å². The minimum Gasteiger partial charge on any atom is -0.468 e. The number of carbonyl (C=O) groups is 1. The fraction of sp³-hybridized carbons (Fsp3) is 0.188. The molecule has 0 saturated heterocycles. The van der Waals surface area contributed by atoms with Gasteiger partial charge in [-0.2, -0.15) is 0 Å². The van der Waals surface area contributed by atoms with Crippen molar-refractivity contribution < 1.29 is 17.9 Å². The Morgan fingerprint density at radius 2 is 1.92 bits per heavy atom. The van der Waals surface area contributed by atoms with Crippen molar-refractivity contribution in [3.8, 4) is 0 Å². The Bertz CT molecular complexity index is 1010. The number of benzene rings is 1. The predicted molar refractivity (Wildman–Crippen MR) is 90.7 cm³/mol. The molecule has 25 heavy (non-hydrogen) atoms. The van der Waals surface area contributed by atoms with Crippen molar-refractivity contribution in [2.75, 3.05) is 18.0 Å². The molecule has 0 radical (unpaired) electrons. The smallest absolute Gasteiger partial charge is 0.326 e. The average molecular weight is 360 g/mol. The van der Waals surface area contributed by atoms with Crippen LogP contribution in [-0.2, 0) is 19.6 Å². The van der Waals surface area contributed by atoms with Crippen molar-refractivity contribution in [3.05, 3.63) is 54.5 Å². The summed E-state index contributed by atoms with van der Waals surface area (Å²) in [4.78, 5) is 11.8. The number of carbonyl (C=O) groups excluding carboxylic acids is 1. The minimum absolute atomic E-state index is 0.0179. The van der Waals surface area contributed by atoms with E-state index in [1.807, 2.05) is 6.92 Å². The Labute approximate surface area is 144 Å². The van der Waals surface area contributed by atoms with Crippen LogP contribution in [0.15, 0.2) is 53.8 Å². The molecule has 0 atom stereocenters. The van der Waals surface area contributed by atoms with Crippen LogP contribution in [0.5, 0.6) is 0 Å². The zero-order chi connectivity index (χ0) is 18.0. The lowest BCUT2D eigenvalue weighted by molar-refractivity contribution is -0.138. The van der Waals surface area contributed by atoms with Crippen LogP contribution in [-0.4, -0.2) is 42.6 Å². The van der Waals surface area contributed by atoms with Gasteiger partial charge >= 0.3 is 5.97 Å². The molecule has 9 heteroatoms. The van der Waals surface area contributed by atoms with Crippen LogP contribution in [0, 0.1) is 6.92 Å². The van der Waals surface area contributed by atoms with Crippen LogP contribution in [0.4, 0.5) is 5.69 Å². The van der Waals surface area contributed by atoms with Gasteiger partial charge in [-0.05, 0) is 31.2 Å². The summed E-state index contributed by atoms with van der Waals surface area (Å²) in [6, 6.07) is 9.82. The molecule has 0 saturated carbocycles. The molecule has 0 N–H and O–H groups in total. The number of hydrogen-bond acceptors (Lipinski definition) is 6. The molecule has 0 aliphatic rings. The monoisotopic (exact) mass is 360 g/mol. The number of hydrogen-bond donors (Lipinski definition) is 0. The second kappa shape index (κ2) is 6.52. The first kappa shape index (κ1) is 16.9. The maximum atomic E-state index is 13.1. The number of pyridine rings is 1. The van der Waals surface area contributed by atoms with Gasteiger partial charge in [-0.3, -0.25) is 13.5 Å². The Morgan fingerprint density at radius 1 is 1.20 bits per heavy atom. The van der Waals surface area contributed by atoms with Crippen LogP contribution in [0.1, 0.15) is 5.56 Å². The molecule has 3 aromatic rings. The Hall–Kier alpha value is -2.94. The third kappa shape index (κ3) is 3.31. The molecule has 2 aromatic heterocycles. The van der Waals surface area contributed by atoms with Crippen LogP contribution < -0.4 is 4.31 Å². The summed E-state index contributed by atoms with van der Waals surface area (Å²) in [5.41, 5.74) is 1.87. The Kier molecular flexibility index (Phi) is 4.41. The summed E-state index contributed by atoms with van der Waals surface area (Å²) in [5.74, 6) is -0.658. The first-order valence-electron chi connectivity index (χ1n) is 7.37. The van der Waals surface area contributed by atoms with Gasteiger partial charge in [0.1, 0.15) is 17.8 Å². The van der Waals surface area contributed by atoms with Crippen molar-refractivity contribution in [1.29, 1.82) is 0 Å². The van der Waals surface area contributed by atoms with E-state index < -0.39 is 22.5 Å². The second-order valence-corrected chi connectivity index (χ2v) is 7.25. The van der Waals surface area contributed by atoms with Crippen molar-refractivity contribution in [2.24, 2.45) is 0 Å². The molecule has 130 valence electrons. The molecule has 0 fully saturated rings. The number of rotatable bonds is 5.